The Morgan fingerprint density at radius 2 is 1.71 bits per heavy atom. The first-order chi connectivity index (χ1) is 7.99. The molecule has 0 aliphatic carbocycles. The predicted molar refractivity (Wildman–Crippen MR) is 65.8 cm³/mol. The van der Waals surface area contributed by atoms with Gasteiger partial charge in [-0.3, -0.25) is 9.59 Å². The highest BCUT2D eigenvalue weighted by molar-refractivity contribution is 5.71. The average Bonchev–Trinajstić information content (AvgIpc) is 2.27. The molecule has 0 fully saturated rings. The van der Waals surface area contributed by atoms with Crippen LogP contribution in [0.3, 0.4) is 0 Å². The van der Waals surface area contributed by atoms with E-state index in [9.17, 15) is 9.59 Å². The number of esters is 1. The summed E-state index contributed by atoms with van der Waals surface area (Å²) in [7, 11) is 0. The number of ether oxygens (including phenoxy) is 1. The molecule has 0 radical (unpaired) electrons. The molecule has 0 aliphatic heterocycles. The molecular weight excluding hydrogens is 220 g/mol. The second-order valence-electron chi connectivity index (χ2n) is 4.36. The maximum absolute atomic E-state index is 11.6. The first kappa shape index (κ1) is 15.9. The van der Waals surface area contributed by atoms with Crippen LogP contribution in [-0.2, 0) is 14.3 Å². The van der Waals surface area contributed by atoms with Gasteiger partial charge < -0.3 is 9.84 Å². The first-order valence-corrected chi connectivity index (χ1v) is 6.43. The molecule has 0 atom stereocenters. The lowest BCUT2D eigenvalue weighted by Crippen LogP contribution is -2.33. The fourth-order valence-electron chi connectivity index (χ4n) is 1.93. The highest BCUT2D eigenvalue weighted by Gasteiger charge is 2.29. The number of aliphatic carboxylic acids is 1. The zero-order valence-electron chi connectivity index (χ0n) is 11.1. The third-order valence-electron chi connectivity index (χ3n) is 3.10. The molecule has 0 spiro atoms. The van der Waals surface area contributed by atoms with Gasteiger partial charge in [-0.05, 0) is 25.7 Å². The quantitative estimate of drug-likeness (QED) is 0.633. The van der Waals surface area contributed by atoms with Crippen molar-refractivity contribution in [3.05, 3.63) is 0 Å². The molecule has 0 aromatic heterocycles. The van der Waals surface area contributed by atoms with Crippen LogP contribution in [0.4, 0.5) is 0 Å². The van der Waals surface area contributed by atoms with Crippen molar-refractivity contribution in [1.29, 1.82) is 0 Å². The normalized spacial score (nSPS) is 11.2. The lowest BCUT2D eigenvalue weighted by Gasteiger charge is -2.31. The largest absolute Gasteiger partial charge is 0.481 e. The minimum absolute atomic E-state index is 0.0220. The highest BCUT2D eigenvalue weighted by Crippen LogP contribution is 2.27. The minimum Gasteiger partial charge on any atom is -0.481 e. The van der Waals surface area contributed by atoms with Gasteiger partial charge in [0.1, 0.15) is 5.60 Å². The fraction of sp³-hybridized carbons (Fsp3) is 0.846. The van der Waals surface area contributed by atoms with Gasteiger partial charge in [-0.25, -0.2) is 0 Å². The molecule has 17 heavy (non-hydrogen) atoms. The van der Waals surface area contributed by atoms with Crippen LogP contribution in [0.25, 0.3) is 0 Å². The summed E-state index contributed by atoms with van der Waals surface area (Å²) in [4.78, 5) is 21.9. The van der Waals surface area contributed by atoms with Gasteiger partial charge in [0.05, 0.1) is 0 Å². The van der Waals surface area contributed by atoms with Gasteiger partial charge >= 0.3 is 11.9 Å². The van der Waals surface area contributed by atoms with E-state index in [1.165, 1.54) is 0 Å². The van der Waals surface area contributed by atoms with Gasteiger partial charge in [-0.2, -0.15) is 0 Å². The molecule has 0 amide bonds. The molecule has 0 heterocycles. The summed E-state index contributed by atoms with van der Waals surface area (Å²) >= 11 is 0. The standard InChI is InChI=1S/C13H24O4/c1-4-10-13(5-2,6-3)17-12(16)9-7-8-11(14)15/h4-10H2,1-3H3,(H,14,15). The second-order valence-corrected chi connectivity index (χ2v) is 4.36. The molecular formula is C13H24O4. The van der Waals surface area contributed by atoms with Crippen molar-refractivity contribution < 1.29 is 19.4 Å². The van der Waals surface area contributed by atoms with Crippen LogP contribution in [0, 0.1) is 0 Å². The summed E-state index contributed by atoms with van der Waals surface area (Å²) in [5.41, 5.74) is -0.352. The van der Waals surface area contributed by atoms with E-state index in [1.807, 2.05) is 13.8 Å². The van der Waals surface area contributed by atoms with Crippen molar-refractivity contribution in [2.45, 2.75) is 71.3 Å². The number of carbonyl (C=O) groups is 2. The number of carboxylic acid groups (broad SMARTS) is 1. The Balaban J connectivity index is 4.16. The van der Waals surface area contributed by atoms with Crippen LogP contribution in [0.5, 0.6) is 0 Å². The maximum Gasteiger partial charge on any atom is 0.306 e. The number of carbonyl (C=O) groups excluding carboxylic acids is 1. The Hall–Kier alpha value is -1.06. The summed E-state index contributed by atoms with van der Waals surface area (Å²) in [6, 6.07) is 0. The monoisotopic (exact) mass is 244 g/mol. The van der Waals surface area contributed by atoms with Crippen LogP contribution >= 0.6 is 0 Å². The molecule has 100 valence electrons. The predicted octanol–water partition coefficient (Wildman–Crippen LogP) is 3.14. The highest BCUT2D eigenvalue weighted by atomic mass is 16.6. The topological polar surface area (TPSA) is 63.6 Å². The van der Waals surface area contributed by atoms with E-state index >= 15 is 0 Å². The van der Waals surface area contributed by atoms with Crippen molar-refractivity contribution in [1.82, 2.24) is 0 Å². The van der Waals surface area contributed by atoms with E-state index in [-0.39, 0.29) is 24.4 Å². The minimum atomic E-state index is -0.872. The average molecular weight is 244 g/mol. The zero-order valence-corrected chi connectivity index (χ0v) is 11.1. The Kier molecular flexibility index (Phi) is 7.59. The molecule has 0 bridgehead atoms. The molecule has 4 heteroatoms. The zero-order chi connectivity index (χ0) is 13.3. The van der Waals surface area contributed by atoms with E-state index in [0.717, 1.165) is 25.7 Å². The van der Waals surface area contributed by atoms with Gasteiger partial charge in [-0.15, -0.1) is 0 Å². The third-order valence-corrected chi connectivity index (χ3v) is 3.10. The van der Waals surface area contributed by atoms with Gasteiger partial charge in [0.15, 0.2) is 0 Å². The van der Waals surface area contributed by atoms with Crippen molar-refractivity contribution in [3.63, 3.8) is 0 Å². The molecule has 0 unspecified atom stereocenters. The second kappa shape index (κ2) is 8.09. The number of carboxylic acids is 1. The molecule has 0 rings (SSSR count). The van der Waals surface area contributed by atoms with Crippen molar-refractivity contribution in [3.8, 4) is 0 Å². The summed E-state index contributed by atoms with van der Waals surface area (Å²) in [6.45, 7) is 6.10. The molecule has 4 nitrogen and oxygen atoms in total. The van der Waals surface area contributed by atoms with Crippen LogP contribution in [0.1, 0.15) is 65.7 Å². The summed E-state index contributed by atoms with van der Waals surface area (Å²) in [5, 5.41) is 8.48. The van der Waals surface area contributed by atoms with E-state index in [1.54, 1.807) is 0 Å². The Morgan fingerprint density at radius 3 is 2.12 bits per heavy atom. The van der Waals surface area contributed by atoms with Crippen LogP contribution in [-0.4, -0.2) is 22.6 Å². The lowest BCUT2D eigenvalue weighted by atomic mass is 9.91. The van der Waals surface area contributed by atoms with Gasteiger partial charge in [0.25, 0.3) is 0 Å². The summed E-state index contributed by atoms with van der Waals surface area (Å²) in [6.07, 6.45) is 4.02. The Bertz CT molecular complexity index is 244. The van der Waals surface area contributed by atoms with E-state index in [0.29, 0.717) is 6.42 Å². The third kappa shape index (κ3) is 6.29. The Morgan fingerprint density at radius 1 is 1.12 bits per heavy atom. The molecule has 0 aromatic carbocycles. The summed E-state index contributed by atoms with van der Waals surface area (Å²) < 4.78 is 5.53. The SMILES string of the molecule is CCCC(CC)(CC)OC(=O)CCCC(=O)O. The number of rotatable bonds is 9. The summed E-state index contributed by atoms with van der Waals surface area (Å²) in [5.74, 6) is -1.15. The molecule has 0 saturated carbocycles. The van der Waals surface area contributed by atoms with E-state index < -0.39 is 5.97 Å². The van der Waals surface area contributed by atoms with Crippen LogP contribution in [0.2, 0.25) is 0 Å². The number of hydrogen-bond acceptors (Lipinski definition) is 3. The maximum atomic E-state index is 11.6. The van der Waals surface area contributed by atoms with Gasteiger partial charge in [0, 0.05) is 12.8 Å². The fourth-order valence-corrected chi connectivity index (χ4v) is 1.93. The molecule has 0 aromatic rings. The molecule has 0 aliphatic rings. The molecule has 0 saturated heterocycles. The Labute approximate surface area is 103 Å². The first-order valence-electron chi connectivity index (χ1n) is 6.43. The smallest absolute Gasteiger partial charge is 0.306 e. The van der Waals surface area contributed by atoms with Gasteiger partial charge in [-0.1, -0.05) is 27.2 Å². The van der Waals surface area contributed by atoms with Crippen molar-refractivity contribution >= 4 is 11.9 Å². The lowest BCUT2D eigenvalue weighted by molar-refractivity contribution is -0.161. The van der Waals surface area contributed by atoms with E-state index in [4.69, 9.17) is 9.84 Å². The van der Waals surface area contributed by atoms with Crippen LogP contribution < -0.4 is 0 Å². The molecule has 1 N–H and O–H groups in total. The van der Waals surface area contributed by atoms with Crippen LogP contribution in [0.15, 0.2) is 0 Å². The van der Waals surface area contributed by atoms with Gasteiger partial charge in [0.2, 0.25) is 0 Å². The van der Waals surface area contributed by atoms with Crippen molar-refractivity contribution in [2.24, 2.45) is 0 Å². The number of hydrogen-bond donors (Lipinski definition) is 1. The van der Waals surface area contributed by atoms with Crippen molar-refractivity contribution in [2.75, 3.05) is 0 Å². The van der Waals surface area contributed by atoms with E-state index in [2.05, 4.69) is 6.92 Å².